The molecule has 4 rings (SSSR count). The summed E-state index contributed by atoms with van der Waals surface area (Å²) in [5.41, 5.74) is 3.09. The number of likely N-dealkylation sites (N-methyl/N-ethyl adjacent to an activating group) is 1. The quantitative estimate of drug-likeness (QED) is 0.402. The third kappa shape index (κ3) is 5.27. The normalized spacial score (nSPS) is 11.1. The monoisotopic (exact) mass is 449 g/mol. The number of rotatable bonds is 8. The number of carbonyl (C=O) groups is 1. The molecule has 0 atom stereocenters. The zero-order valence-corrected chi connectivity index (χ0v) is 18.8. The number of amides is 1. The SMILES string of the molecule is CN(C)CCN(Cc1ccc(F)cc1)C(=O)c1csc(-c2cnn(-c3ccccc3)c2)n1. The largest absolute Gasteiger partial charge is 0.332 e. The van der Waals surface area contributed by atoms with Crippen LogP contribution in [0.4, 0.5) is 4.39 Å². The van der Waals surface area contributed by atoms with Gasteiger partial charge >= 0.3 is 0 Å². The molecule has 32 heavy (non-hydrogen) atoms. The summed E-state index contributed by atoms with van der Waals surface area (Å²) in [6.45, 7) is 1.65. The van der Waals surface area contributed by atoms with Crippen LogP contribution in [0.2, 0.25) is 0 Å². The van der Waals surface area contributed by atoms with Crippen LogP contribution in [-0.4, -0.2) is 57.7 Å². The predicted octanol–water partition coefficient (Wildman–Crippen LogP) is 4.34. The van der Waals surface area contributed by atoms with Crippen LogP contribution in [-0.2, 0) is 6.54 Å². The van der Waals surface area contributed by atoms with E-state index in [2.05, 4.69) is 10.1 Å². The van der Waals surface area contributed by atoms with Gasteiger partial charge in [-0.25, -0.2) is 14.1 Å². The molecule has 0 fully saturated rings. The molecule has 1 amide bonds. The molecule has 0 aliphatic heterocycles. The van der Waals surface area contributed by atoms with Gasteiger partial charge in [0.05, 0.1) is 11.9 Å². The Morgan fingerprint density at radius 3 is 2.53 bits per heavy atom. The summed E-state index contributed by atoms with van der Waals surface area (Å²) in [5.74, 6) is -0.436. The second kappa shape index (κ2) is 9.84. The third-order valence-corrected chi connectivity index (χ3v) is 5.86. The summed E-state index contributed by atoms with van der Waals surface area (Å²) in [6.07, 6.45) is 3.66. The molecule has 8 heteroatoms. The van der Waals surface area contributed by atoms with Gasteiger partial charge < -0.3 is 9.80 Å². The second-order valence-electron chi connectivity index (χ2n) is 7.70. The number of nitrogens with zero attached hydrogens (tertiary/aromatic N) is 5. The summed E-state index contributed by atoms with van der Waals surface area (Å²) >= 11 is 1.42. The van der Waals surface area contributed by atoms with E-state index in [-0.39, 0.29) is 11.7 Å². The lowest BCUT2D eigenvalue weighted by atomic mass is 10.2. The van der Waals surface area contributed by atoms with Gasteiger partial charge in [-0.15, -0.1) is 11.3 Å². The van der Waals surface area contributed by atoms with Crippen LogP contribution in [0.5, 0.6) is 0 Å². The Kier molecular flexibility index (Phi) is 6.72. The maximum absolute atomic E-state index is 13.3. The Labute approximate surface area is 190 Å². The van der Waals surface area contributed by atoms with Crippen molar-refractivity contribution in [1.29, 1.82) is 0 Å². The molecule has 2 aromatic carbocycles. The van der Waals surface area contributed by atoms with E-state index >= 15 is 0 Å². The molecule has 0 N–H and O–H groups in total. The summed E-state index contributed by atoms with van der Waals surface area (Å²) in [6, 6.07) is 16.1. The van der Waals surface area contributed by atoms with E-state index in [1.165, 1.54) is 23.5 Å². The first kappa shape index (κ1) is 21.9. The highest BCUT2D eigenvalue weighted by atomic mass is 32.1. The lowest BCUT2D eigenvalue weighted by molar-refractivity contribution is 0.0727. The minimum atomic E-state index is -0.292. The number of thiazole rings is 1. The maximum Gasteiger partial charge on any atom is 0.273 e. The van der Waals surface area contributed by atoms with E-state index in [4.69, 9.17) is 0 Å². The third-order valence-electron chi connectivity index (χ3n) is 4.96. The van der Waals surface area contributed by atoms with E-state index in [1.807, 2.05) is 55.5 Å². The first-order valence-corrected chi connectivity index (χ1v) is 11.1. The van der Waals surface area contributed by atoms with Gasteiger partial charge in [-0.05, 0) is 43.9 Å². The number of hydrogen-bond donors (Lipinski definition) is 0. The number of hydrogen-bond acceptors (Lipinski definition) is 5. The minimum Gasteiger partial charge on any atom is -0.332 e. The average Bonchev–Trinajstić information content (AvgIpc) is 3.48. The molecule has 0 aliphatic carbocycles. The van der Waals surface area contributed by atoms with Crippen molar-refractivity contribution in [3.05, 3.63) is 89.4 Å². The first-order valence-electron chi connectivity index (χ1n) is 10.2. The number of para-hydroxylation sites is 1. The molecule has 164 valence electrons. The topological polar surface area (TPSA) is 54.3 Å². The summed E-state index contributed by atoms with van der Waals surface area (Å²) < 4.78 is 15.1. The molecule has 0 saturated carbocycles. The second-order valence-corrected chi connectivity index (χ2v) is 8.56. The van der Waals surface area contributed by atoms with Crippen molar-refractivity contribution in [3.8, 4) is 16.3 Å². The van der Waals surface area contributed by atoms with Crippen LogP contribution in [0.15, 0.2) is 72.4 Å². The van der Waals surface area contributed by atoms with Crippen LogP contribution >= 0.6 is 11.3 Å². The van der Waals surface area contributed by atoms with Gasteiger partial charge in [0.1, 0.15) is 16.5 Å². The molecule has 0 unspecified atom stereocenters. The van der Waals surface area contributed by atoms with Crippen molar-refractivity contribution in [1.82, 2.24) is 24.6 Å². The Morgan fingerprint density at radius 2 is 1.81 bits per heavy atom. The van der Waals surface area contributed by atoms with Crippen LogP contribution in [0, 0.1) is 5.82 Å². The Hall–Kier alpha value is -3.36. The van der Waals surface area contributed by atoms with Gasteiger partial charge in [0.25, 0.3) is 5.91 Å². The summed E-state index contributed by atoms with van der Waals surface area (Å²) in [5, 5.41) is 6.94. The summed E-state index contributed by atoms with van der Waals surface area (Å²) in [4.78, 5) is 21.6. The van der Waals surface area contributed by atoms with Gasteiger partial charge in [-0.1, -0.05) is 30.3 Å². The van der Waals surface area contributed by atoms with Crippen molar-refractivity contribution in [2.24, 2.45) is 0 Å². The van der Waals surface area contributed by atoms with Crippen LogP contribution in [0.1, 0.15) is 16.1 Å². The number of carbonyl (C=O) groups excluding carboxylic acids is 1. The lowest BCUT2D eigenvalue weighted by Crippen LogP contribution is -2.36. The molecule has 6 nitrogen and oxygen atoms in total. The molecule has 4 aromatic rings. The zero-order valence-electron chi connectivity index (χ0n) is 18.0. The standard InChI is InChI=1S/C24H24FN5OS/c1-28(2)12-13-29(15-18-8-10-20(25)11-9-18)24(31)22-17-32-23(27-22)19-14-26-30(16-19)21-6-4-3-5-7-21/h3-11,14,16-17H,12-13,15H2,1-2H3. The van der Waals surface area contributed by atoms with E-state index in [9.17, 15) is 9.18 Å². The fourth-order valence-electron chi connectivity index (χ4n) is 3.21. The van der Waals surface area contributed by atoms with Gasteiger partial charge in [0.2, 0.25) is 0 Å². The molecule has 0 bridgehead atoms. The molecule has 2 aromatic heterocycles. The predicted molar refractivity (Wildman–Crippen MR) is 124 cm³/mol. The smallest absolute Gasteiger partial charge is 0.273 e. The zero-order chi connectivity index (χ0) is 22.5. The van der Waals surface area contributed by atoms with Gasteiger partial charge in [0, 0.05) is 36.8 Å². The van der Waals surface area contributed by atoms with Crippen molar-refractivity contribution in [3.63, 3.8) is 0 Å². The molecular weight excluding hydrogens is 425 g/mol. The highest BCUT2D eigenvalue weighted by Gasteiger charge is 2.20. The van der Waals surface area contributed by atoms with E-state index in [1.54, 1.807) is 33.3 Å². The Bertz CT molecular complexity index is 1170. The molecule has 0 aliphatic rings. The molecule has 0 saturated heterocycles. The Balaban J connectivity index is 1.53. The van der Waals surface area contributed by atoms with E-state index in [0.717, 1.165) is 21.8 Å². The van der Waals surface area contributed by atoms with E-state index in [0.29, 0.717) is 25.3 Å². The fraction of sp³-hybridized carbons (Fsp3) is 0.208. The van der Waals surface area contributed by atoms with Crippen molar-refractivity contribution >= 4 is 17.2 Å². The number of benzene rings is 2. The first-order chi connectivity index (χ1) is 15.5. The van der Waals surface area contributed by atoms with Crippen molar-refractivity contribution in [2.75, 3.05) is 27.2 Å². The van der Waals surface area contributed by atoms with Crippen LogP contribution in [0.25, 0.3) is 16.3 Å². The number of halogens is 1. The molecule has 2 heterocycles. The fourth-order valence-corrected chi connectivity index (χ4v) is 3.97. The highest BCUT2D eigenvalue weighted by Crippen LogP contribution is 2.25. The highest BCUT2D eigenvalue weighted by molar-refractivity contribution is 7.13. The van der Waals surface area contributed by atoms with Crippen LogP contribution in [0.3, 0.4) is 0 Å². The van der Waals surface area contributed by atoms with Crippen molar-refractivity contribution in [2.45, 2.75) is 6.54 Å². The van der Waals surface area contributed by atoms with Gasteiger partial charge in [0.15, 0.2) is 0 Å². The van der Waals surface area contributed by atoms with E-state index < -0.39 is 0 Å². The van der Waals surface area contributed by atoms with Gasteiger partial charge in [-0.2, -0.15) is 5.10 Å². The lowest BCUT2D eigenvalue weighted by Gasteiger charge is -2.24. The average molecular weight is 450 g/mol. The maximum atomic E-state index is 13.3. The van der Waals surface area contributed by atoms with Crippen LogP contribution < -0.4 is 0 Å². The molecular formula is C24H24FN5OS. The molecule has 0 radical (unpaired) electrons. The molecule has 0 spiro atoms. The van der Waals surface area contributed by atoms with Crippen molar-refractivity contribution < 1.29 is 9.18 Å². The number of aromatic nitrogens is 3. The Morgan fingerprint density at radius 1 is 1.06 bits per heavy atom. The minimum absolute atomic E-state index is 0.144. The summed E-state index contributed by atoms with van der Waals surface area (Å²) in [7, 11) is 3.93. The van der Waals surface area contributed by atoms with Gasteiger partial charge in [-0.3, -0.25) is 4.79 Å².